The lowest BCUT2D eigenvalue weighted by molar-refractivity contribution is 0.472. The predicted octanol–water partition coefficient (Wildman–Crippen LogP) is 3.76. The van der Waals surface area contributed by atoms with Crippen LogP contribution in [0, 0.1) is 6.92 Å². The topological polar surface area (TPSA) is 27.6 Å². The van der Waals surface area contributed by atoms with Crippen LogP contribution < -0.4 is 5.32 Å². The zero-order valence-electron chi connectivity index (χ0n) is 13.9. The molecule has 120 valence electrons. The minimum Gasteiger partial charge on any atom is -0.355 e. The standard InChI is InChI=1S/C16H27N3S.HI/c1-13-7-9-14(10-8-13)11-19(5)15(17-4)18-12-16(2,3)20-6;/h7-10H,11-12H2,1-6H3,(H,17,18);1H. The van der Waals surface area contributed by atoms with Gasteiger partial charge in [-0.15, -0.1) is 24.0 Å². The summed E-state index contributed by atoms with van der Waals surface area (Å²) in [6.45, 7) is 8.34. The third-order valence-corrected chi connectivity index (χ3v) is 4.59. The van der Waals surface area contributed by atoms with Crippen molar-refractivity contribution in [3.05, 3.63) is 35.4 Å². The fourth-order valence-corrected chi connectivity index (χ4v) is 2.01. The first kappa shape index (κ1) is 20.6. The molecule has 0 aliphatic carbocycles. The fourth-order valence-electron chi connectivity index (χ4n) is 1.79. The molecule has 1 aromatic rings. The number of nitrogens with zero attached hydrogens (tertiary/aromatic N) is 2. The van der Waals surface area contributed by atoms with Crippen LogP contribution in [-0.2, 0) is 6.54 Å². The fraction of sp³-hybridized carbons (Fsp3) is 0.562. The van der Waals surface area contributed by atoms with Gasteiger partial charge in [0, 0.05) is 31.9 Å². The number of rotatable bonds is 5. The van der Waals surface area contributed by atoms with E-state index in [0.717, 1.165) is 19.0 Å². The number of thioether (sulfide) groups is 1. The largest absolute Gasteiger partial charge is 0.355 e. The lowest BCUT2D eigenvalue weighted by atomic mass is 10.1. The lowest BCUT2D eigenvalue weighted by Gasteiger charge is -2.27. The van der Waals surface area contributed by atoms with Crippen molar-refractivity contribution in [1.29, 1.82) is 0 Å². The van der Waals surface area contributed by atoms with Gasteiger partial charge in [-0.2, -0.15) is 11.8 Å². The number of aryl methyl sites for hydroxylation is 1. The summed E-state index contributed by atoms with van der Waals surface area (Å²) in [5.41, 5.74) is 2.59. The zero-order valence-corrected chi connectivity index (χ0v) is 17.1. The number of benzene rings is 1. The summed E-state index contributed by atoms with van der Waals surface area (Å²) in [5.74, 6) is 0.938. The molecule has 0 radical (unpaired) electrons. The number of hydrogen-bond donors (Lipinski definition) is 1. The Hall–Kier alpha value is -0.430. The van der Waals surface area contributed by atoms with Crippen molar-refractivity contribution in [1.82, 2.24) is 10.2 Å². The Morgan fingerprint density at radius 1 is 1.29 bits per heavy atom. The second-order valence-corrected chi connectivity index (χ2v) is 7.22. The first-order chi connectivity index (χ1) is 9.38. The second kappa shape index (κ2) is 9.56. The molecule has 0 fully saturated rings. The van der Waals surface area contributed by atoms with Gasteiger partial charge in [0.25, 0.3) is 0 Å². The highest BCUT2D eigenvalue weighted by molar-refractivity contribution is 14.0. The number of hydrogen-bond acceptors (Lipinski definition) is 2. The Morgan fingerprint density at radius 3 is 2.33 bits per heavy atom. The van der Waals surface area contributed by atoms with Gasteiger partial charge in [-0.25, -0.2) is 0 Å². The summed E-state index contributed by atoms with van der Waals surface area (Å²) in [6, 6.07) is 8.64. The van der Waals surface area contributed by atoms with Crippen LogP contribution in [0.4, 0.5) is 0 Å². The molecule has 0 aliphatic rings. The van der Waals surface area contributed by atoms with Crippen LogP contribution in [0.2, 0.25) is 0 Å². The van der Waals surface area contributed by atoms with Crippen molar-refractivity contribution < 1.29 is 0 Å². The molecule has 0 aliphatic heterocycles. The van der Waals surface area contributed by atoms with Crippen molar-refractivity contribution in [3.8, 4) is 0 Å². The van der Waals surface area contributed by atoms with E-state index in [1.54, 1.807) is 0 Å². The number of guanidine groups is 1. The quantitative estimate of drug-likeness (QED) is 0.446. The van der Waals surface area contributed by atoms with Crippen LogP contribution >= 0.6 is 35.7 Å². The molecule has 1 aromatic carbocycles. The highest BCUT2D eigenvalue weighted by Crippen LogP contribution is 2.19. The molecular formula is C16H28IN3S. The van der Waals surface area contributed by atoms with Crippen molar-refractivity contribution in [2.24, 2.45) is 4.99 Å². The van der Waals surface area contributed by atoms with Gasteiger partial charge >= 0.3 is 0 Å². The van der Waals surface area contributed by atoms with Gasteiger partial charge in [-0.3, -0.25) is 4.99 Å². The molecule has 0 heterocycles. The van der Waals surface area contributed by atoms with E-state index in [0.29, 0.717) is 0 Å². The highest BCUT2D eigenvalue weighted by Gasteiger charge is 2.17. The molecule has 1 N–H and O–H groups in total. The number of halogens is 1. The molecule has 0 amide bonds. The average molecular weight is 421 g/mol. The summed E-state index contributed by atoms with van der Waals surface area (Å²) in [4.78, 5) is 6.52. The Labute approximate surface area is 151 Å². The smallest absolute Gasteiger partial charge is 0.193 e. The molecule has 0 atom stereocenters. The summed E-state index contributed by atoms with van der Waals surface area (Å²) in [5, 5.41) is 3.45. The summed E-state index contributed by atoms with van der Waals surface area (Å²) in [6.07, 6.45) is 2.14. The summed E-state index contributed by atoms with van der Waals surface area (Å²) < 4.78 is 0.209. The van der Waals surface area contributed by atoms with E-state index in [9.17, 15) is 0 Å². The van der Waals surface area contributed by atoms with Gasteiger partial charge in [-0.1, -0.05) is 29.8 Å². The van der Waals surface area contributed by atoms with E-state index in [2.05, 4.69) is 73.5 Å². The highest BCUT2D eigenvalue weighted by atomic mass is 127. The lowest BCUT2D eigenvalue weighted by Crippen LogP contribution is -2.43. The van der Waals surface area contributed by atoms with Gasteiger partial charge in [0.1, 0.15) is 0 Å². The Kier molecular flexibility index (Phi) is 9.36. The maximum absolute atomic E-state index is 4.36. The average Bonchev–Trinajstić information content (AvgIpc) is 2.42. The van der Waals surface area contributed by atoms with Crippen LogP contribution in [0.25, 0.3) is 0 Å². The van der Waals surface area contributed by atoms with Crippen LogP contribution in [-0.4, -0.2) is 42.5 Å². The van der Waals surface area contributed by atoms with Crippen LogP contribution in [0.5, 0.6) is 0 Å². The Balaban J connectivity index is 0.00000400. The van der Waals surface area contributed by atoms with Crippen LogP contribution in [0.1, 0.15) is 25.0 Å². The van der Waals surface area contributed by atoms with Crippen molar-refractivity contribution in [3.63, 3.8) is 0 Å². The second-order valence-electron chi connectivity index (χ2n) is 5.71. The normalized spacial score (nSPS) is 11.8. The van der Waals surface area contributed by atoms with Gasteiger partial charge in [0.15, 0.2) is 5.96 Å². The Bertz CT molecular complexity index is 443. The minimum atomic E-state index is 0. The van der Waals surface area contributed by atoms with Crippen molar-refractivity contribution >= 4 is 41.7 Å². The molecular weight excluding hydrogens is 393 g/mol. The molecule has 21 heavy (non-hydrogen) atoms. The van der Waals surface area contributed by atoms with Gasteiger partial charge < -0.3 is 10.2 Å². The molecule has 0 spiro atoms. The van der Waals surface area contributed by atoms with E-state index < -0.39 is 0 Å². The minimum absolute atomic E-state index is 0. The van der Waals surface area contributed by atoms with Gasteiger partial charge in [0.05, 0.1) is 0 Å². The Morgan fingerprint density at radius 2 is 1.86 bits per heavy atom. The molecule has 0 aromatic heterocycles. The third kappa shape index (κ3) is 7.40. The van der Waals surface area contributed by atoms with Crippen LogP contribution in [0.15, 0.2) is 29.3 Å². The monoisotopic (exact) mass is 421 g/mol. The molecule has 3 nitrogen and oxygen atoms in total. The SMILES string of the molecule is CN=C(NCC(C)(C)SC)N(C)Cc1ccc(C)cc1.I. The van der Waals surface area contributed by atoms with Gasteiger partial charge in [-0.05, 0) is 32.6 Å². The van der Waals surface area contributed by atoms with E-state index in [1.165, 1.54) is 11.1 Å². The van der Waals surface area contributed by atoms with Gasteiger partial charge in [0.2, 0.25) is 0 Å². The van der Waals surface area contributed by atoms with E-state index in [4.69, 9.17) is 0 Å². The zero-order chi connectivity index (χ0) is 15.2. The molecule has 5 heteroatoms. The molecule has 0 saturated carbocycles. The molecule has 0 unspecified atom stereocenters. The third-order valence-electron chi connectivity index (χ3n) is 3.34. The van der Waals surface area contributed by atoms with E-state index in [1.807, 2.05) is 18.8 Å². The van der Waals surface area contributed by atoms with Crippen LogP contribution in [0.3, 0.4) is 0 Å². The first-order valence-electron chi connectivity index (χ1n) is 6.90. The van der Waals surface area contributed by atoms with Crippen molar-refractivity contribution in [2.75, 3.05) is 26.9 Å². The predicted molar refractivity (Wildman–Crippen MR) is 107 cm³/mol. The van der Waals surface area contributed by atoms with E-state index >= 15 is 0 Å². The molecule has 1 rings (SSSR count). The molecule has 0 saturated heterocycles. The maximum Gasteiger partial charge on any atom is 0.193 e. The number of nitrogens with one attached hydrogen (secondary N) is 1. The van der Waals surface area contributed by atoms with E-state index in [-0.39, 0.29) is 28.7 Å². The maximum atomic E-state index is 4.36. The number of aliphatic imine (C=N–C) groups is 1. The summed E-state index contributed by atoms with van der Waals surface area (Å²) >= 11 is 1.86. The first-order valence-corrected chi connectivity index (χ1v) is 8.13. The summed E-state index contributed by atoms with van der Waals surface area (Å²) in [7, 11) is 3.90. The molecule has 0 bridgehead atoms. The van der Waals surface area contributed by atoms with Crippen molar-refractivity contribution in [2.45, 2.75) is 32.1 Å².